The fourth-order valence-corrected chi connectivity index (χ4v) is 1.74. The molecule has 18 heavy (non-hydrogen) atoms. The van der Waals surface area contributed by atoms with Crippen LogP contribution in [0.2, 0.25) is 0 Å². The third-order valence-electron chi connectivity index (χ3n) is 2.82. The van der Waals surface area contributed by atoms with E-state index in [1.54, 1.807) is 12.1 Å². The quantitative estimate of drug-likeness (QED) is 0.815. The lowest BCUT2D eigenvalue weighted by Gasteiger charge is -2.13. The predicted molar refractivity (Wildman–Crippen MR) is 68.2 cm³/mol. The third-order valence-corrected chi connectivity index (χ3v) is 2.82. The molecule has 0 amide bonds. The molecule has 0 aromatic heterocycles. The van der Waals surface area contributed by atoms with Crippen LogP contribution >= 0.6 is 0 Å². The Balaban J connectivity index is 2.34. The fourth-order valence-electron chi connectivity index (χ4n) is 1.74. The van der Waals surface area contributed by atoms with E-state index in [2.05, 4.69) is 19.2 Å². The minimum Gasteiger partial charge on any atom is -0.465 e. The maximum atomic E-state index is 11.5. The van der Waals surface area contributed by atoms with Crippen LogP contribution in [0.4, 0.5) is 0 Å². The normalized spacial score (nSPS) is 13.9. The number of ether oxygens (including phenoxy) is 2. The van der Waals surface area contributed by atoms with Gasteiger partial charge in [-0.25, -0.2) is 4.79 Å². The molecule has 0 radical (unpaired) electrons. The molecule has 1 aliphatic rings. The molecule has 0 saturated carbocycles. The molecule has 4 heteroatoms. The molecule has 1 heterocycles. The van der Waals surface area contributed by atoms with Gasteiger partial charge in [-0.1, -0.05) is 19.9 Å². The lowest BCUT2D eigenvalue weighted by molar-refractivity contribution is 0.0600. The van der Waals surface area contributed by atoms with E-state index in [4.69, 9.17) is 9.47 Å². The molecular formula is C14H17NO3. The highest BCUT2D eigenvalue weighted by atomic mass is 16.5. The number of benzene rings is 1. The zero-order chi connectivity index (χ0) is 13.1. The van der Waals surface area contributed by atoms with Gasteiger partial charge in [0, 0.05) is 24.2 Å². The fraction of sp³-hybridized carbons (Fsp3) is 0.357. The number of esters is 1. The molecule has 0 atom stereocenters. The van der Waals surface area contributed by atoms with Crippen molar-refractivity contribution in [3.05, 3.63) is 41.3 Å². The van der Waals surface area contributed by atoms with Gasteiger partial charge < -0.3 is 14.8 Å². The molecule has 1 aliphatic heterocycles. The molecule has 0 fully saturated rings. The predicted octanol–water partition coefficient (Wildman–Crippen LogP) is 2.45. The van der Waals surface area contributed by atoms with Crippen LogP contribution in [0.25, 0.3) is 0 Å². The van der Waals surface area contributed by atoms with Crippen molar-refractivity contribution in [1.82, 2.24) is 5.32 Å². The van der Waals surface area contributed by atoms with E-state index in [9.17, 15) is 4.79 Å². The second kappa shape index (κ2) is 5.12. The summed E-state index contributed by atoms with van der Waals surface area (Å²) in [4.78, 5) is 11.5. The van der Waals surface area contributed by atoms with Crippen molar-refractivity contribution in [2.75, 3.05) is 7.11 Å². The Hall–Kier alpha value is -1.97. The van der Waals surface area contributed by atoms with Gasteiger partial charge in [0.1, 0.15) is 11.5 Å². The van der Waals surface area contributed by atoms with Crippen LogP contribution < -0.4 is 10.1 Å². The van der Waals surface area contributed by atoms with Crippen LogP contribution in [-0.4, -0.2) is 13.1 Å². The summed E-state index contributed by atoms with van der Waals surface area (Å²) in [6.07, 6.45) is 1.88. The lowest BCUT2D eigenvalue weighted by atomic mass is 10.1. The molecule has 0 aliphatic carbocycles. The van der Waals surface area contributed by atoms with E-state index in [1.165, 1.54) is 7.11 Å². The van der Waals surface area contributed by atoms with E-state index in [0.717, 1.165) is 11.3 Å². The minimum atomic E-state index is -0.353. The van der Waals surface area contributed by atoms with Crippen molar-refractivity contribution in [1.29, 1.82) is 0 Å². The highest BCUT2D eigenvalue weighted by Crippen LogP contribution is 2.27. The largest absolute Gasteiger partial charge is 0.465 e. The zero-order valence-electron chi connectivity index (χ0n) is 10.8. The molecule has 0 spiro atoms. The SMILES string of the molecule is COC(=O)c1ccc2c(c1)OC(C(C)C)=CNC2. The number of allylic oxidation sites excluding steroid dienone is 1. The number of carbonyl (C=O) groups excluding carboxylic acids is 1. The summed E-state index contributed by atoms with van der Waals surface area (Å²) >= 11 is 0. The van der Waals surface area contributed by atoms with Crippen LogP contribution in [0.1, 0.15) is 29.8 Å². The maximum Gasteiger partial charge on any atom is 0.337 e. The zero-order valence-corrected chi connectivity index (χ0v) is 10.8. The van der Waals surface area contributed by atoms with Crippen LogP contribution in [0.15, 0.2) is 30.2 Å². The second-order valence-corrected chi connectivity index (χ2v) is 4.50. The first kappa shape index (κ1) is 12.5. The van der Waals surface area contributed by atoms with Gasteiger partial charge in [0.25, 0.3) is 0 Å². The average Bonchev–Trinajstić information content (AvgIpc) is 2.58. The Bertz CT molecular complexity index is 492. The Morgan fingerprint density at radius 2 is 2.22 bits per heavy atom. The van der Waals surface area contributed by atoms with E-state index in [0.29, 0.717) is 17.9 Å². The van der Waals surface area contributed by atoms with Gasteiger partial charge in [0.2, 0.25) is 0 Å². The summed E-state index contributed by atoms with van der Waals surface area (Å²) in [7, 11) is 1.37. The summed E-state index contributed by atoms with van der Waals surface area (Å²) < 4.78 is 10.6. The molecule has 4 nitrogen and oxygen atoms in total. The van der Waals surface area contributed by atoms with Crippen LogP contribution in [0, 0.1) is 5.92 Å². The van der Waals surface area contributed by atoms with Crippen molar-refractivity contribution in [2.45, 2.75) is 20.4 Å². The summed E-state index contributed by atoms with van der Waals surface area (Å²) in [5.41, 5.74) is 1.52. The van der Waals surface area contributed by atoms with Gasteiger partial charge in [-0.2, -0.15) is 0 Å². The van der Waals surface area contributed by atoms with Crippen molar-refractivity contribution >= 4 is 5.97 Å². The monoisotopic (exact) mass is 247 g/mol. The molecule has 1 aromatic carbocycles. The van der Waals surface area contributed by atoms with E-state index in [-0.39, 0.29) is 11.9 Å². The van der Waals surface area contributed by atoms with Gasteiger partial charge in [-0.15, -0.1) is 0 Å². The summed E-state index contributed by atoms with van der Waals surface area (Å²) in [5.74, 6) is 1.50. The number of hydrogen-bond acceptors (Lipinski definition) is 4. The number of nitrogens with one attached hydrogen (secondary N) is 1. The first-order valence-corrected chi connectivity index (χ1v) is 5.94. The highest BCUT2D eigenvalue weighted by molar-refractivity contribution is 5.89. The number of fused-ring (bicyclic) bond motifs is 1. The van der Waals surface area contributed by atoms with Gasteiger partial charge in [-0.05, 0) is 12.1 Å². The van der Waals surface area contributed by atoms with Crippen molar-refractivity contribution < 1.29 is 14.3 Å². The maximum absolute atomic E-state index is 11.5. The Morgan fingerprint density at radius 1 is 1.44 bits per heavy atom. The highest BCUT2D eigenvalue weighted by Gasteiger charge is 2.16. The van der Waals surface area contributed by atoms with E-state index < -0.39 is 0 Å². The molecule has 1 aromatic rings. The average molecular weight is 247 g/mol. The number of hydrogen-bond donors (Lipinski definition) is 1. The van der Waals surface area contributed by atoms with Gasteiger partial charge in [0.15, 0.2) is 0 Å². The molecule has 0 saturated heterocycles. The van der Waals surface area contributed by atoms with Crippen molar-refractivity contribution in [2.24, 2.45) is 5.92 Å². The molecule has 0 unspecified atom stereocenters. The first-order chi connectivity index (χ1) is 8.61. The Morgan fingerprint density at radius 3 is 2.89 bits per heavy atom. The smallest absolute Gasteiger partial charge is 0.337 e. The number of carbonyl (C=O) groups is 1. The van der Waals surface area contributed by atoms with Crippen LogP contribution in [-0.2, 0) is 11.3 Å². The molecular weight excluding hydrogens is 230 g/mol. The molecule has 96 valence electrons. The van der Waals surface area contributed by atoms with Crippen molar-refractivity contribution in [3.63, 3.8) is 0 Å². The standard InChI is InChI=1S/C14H17NO3/c1-9(2)13-8-15-7-11-5-4-10(14(16)17-3)6-12(11)18-13/h4-6,8-9,15H,7H2,1-3H3. The number of methoxy groups -OCH3 is 1. The van der Waals surface area contributed by atoms with E-state index >= 15 is 0 Å². The summed E-state index contributed by atoms with van der Waals surface area (Å²) in [5, 5.41) is 3.19. The van der Waals surface area contributed by atoms with Crippen LogP contribution in [0.5, 0.6) is 5.75 Å². The van der Waals surface area contributed by atoms with Gasteiger partial charge >= 0.3 is 5.97 Å². The van der Waals surface area contributed by atoms with Crippen LogP contribution in [0.3, 0.4) is 0 Å². The third kappa shape index (κ3) is 2.47. The van der Waals surface area contributed by atoms with Gasteiger partial charge in [0.05, 0.1) is 12.7 Å². The molecule has 2 rings (SSSR count). The molecule has 0 bridgehead atoms. The topological polar surface area (TPSA) is 47.6 Å². The van der Waals surface area contributed by atoms with Gasteiger partial charge in [-0.3, -0.25) is 0 Å². The van der Waals surface area contributed by atoms with E-state index in [1.807, 2.05) is 12.3 Å². The summed E-state index contributed by atoms with van der Waals surface area (Å²) in [6, 6.07) is 5.35. The second-order valence-electron chi connectivity index (χ2n) is 4.50. The lowest BCUT2D eigenvalue weighted by Crippen LogP contribution is -2.06. The number of rotatable bonds is 2. The summed E-state index contributed by atoms with van der Waals surface area (Å²) in [6.45, 7) is 4.80. The Labute approximate surface area is 107 Å². The minimum absolute atomic E-state index is 0.283. The Kier molecular flexibility index (Phi) is 3.55. The first-order valence-electron chi connectivity index (χ1n) is 5.94. The van der Waals surface area contributed by atoms with Crippen molar-refractivity contribution in [3.8, 4) is 5.75 Å². The molecule has 1 N–H and O–H groups in total.